The summed E-state index contributed by atoms with van der Waals surface area (Å²) in [5, 5.41) is 11.6. The molecule has 0 unspecified atom stereocenters. The van der Waals surface area contributed by atoms with E-state index >= 15 is 0 Å². The maximum Gasteiger partial charge on any atom is 0.257 e. The van der Waals surface area contributed by atoms with E-state index in [1.807, 2.05) is 13.0 Å². The molecule has 0 aliphatic rings. The van der Waals surface area contributed by atoms with Crippen molar-refractivity contribution in [3.63, 3.8) is 0 Å². The molecule has 0 bridgehead atoms. The van der Waals surface area contributed by atoms with Gasteiger partial charge in [0.1, 0.15) is 11.8 Å². The molecule has 0 atom stereocenters. The summed E-state index contributed by atoms with van der Waals surface area (Å²) in [6.45, 7) is 2.34. The molecule has 1 N–H and O–H groups in total. The molecule has 1 rings (SSSR count). The van der Waals surface area contributed by atoms with Crippen molar-refractivity contribution in [1.82, 2.24) is 5.32 Å². The van der Waals surface area contributed by atoms with Crippen LogP contribution in [0, 0.1) is 11.3 Å². The fourth-order valence-corrected chi connectivity index (χ4v) is 1.29. The molecule has 0 heterocycles. The predicted molar refractivity (Wildman–Crippen MR) is 60.3 cm³/mol. The minimum absolute atomic E-state index is 0.0595. The molecule has 1 amide bonds. The van der Waals surface area contributed by atoms with Gasteiger partial charge in [-0.1, -0.05) is 11.6 Å². The summed E-state index contributed by atoms with van der Waals surface area (Å²) in [5.74, 6) is 0.276. The number of hydrogen-bond donors (Lipinski definition) is 1. The van der Waals surface area contributed by atoms with Crippen molar-refractivity contribution in [2.24, 2.45) is 0 Å². The van der Waals surface area contributed by atoms with Gasteiger partial charge in [0.2, 0.25) is 0 Å². The van der Waals surface area contributed by atoms with Gasteiger partial charge in [-0.2, -0.15) is 5.26 Å². The topological polar surface area (TPSA) is 62.1 Å². The van der Waals surface area contributed by atoms with Gasteiger partial charge in [0.25, 0.3) is 5.91 Å². The van der Waals surface area contributed by atoms with Gasteiger partial charge in [0, 0.05) is 12.6 Å². The summed E-state index contributed by atoms with van der Waals surface area (Å²) >= 11 is 5.80. The van der Waals surface area contributed by atoms with Crippen LogP contribution in [0.15, 0.2) is 18.2 Å². The average molecular weight is 239 g/mol. The molecule has 1 aromatic carbocycles. The van der Waals surface area contributed by atoms with Crippen LogP contribution in [0.4, 0.5) is 0 Å². The van der Waals surface area contributed by atoms with E-state index in [1.54, 1.807) is 12.1 Å². The summed E-state index contributed by atoms with van der Waals surface area (Å²) < 4.78 is 5.19. The highest BCUT2D eigenvalue weighted by molar-refractivity contribution is 6.31. The molecular formula is C11H11ClN2O2. The number of nitrogens with zero attached hydrogens (tertiary/aromatic N) is 1. The second kappa shape index (κ2) is 5.99. The Balaban J connectivity index is 2.59. The van der Waals surface area contributed by atoms with Crippen molar-refractivity contribution in [3.05, 3.63) is 28.8 Å². The molecule has 0 saturated carbocycles. The van der Waals surface area contributed by atoms with Crippen LogP contribution in [0.5, 0.6) is 5.75 Å². The van der Waals surface area contributed by atoms with Crippen LogP contribution in [0.3, 0.4) is 0 Å². The molecule has 0 aliphatic carbocycles. The first-order valence-corrected chi connectivity index (χ1v) is 5.14. The molecular weight excluding hydrogens is 228 g/mol. The SMILES string of the molecule is CCNC(=O)COc1ccc(C#N)c(Cl)c1. The Hall–Kier alpha value is -1.73. The van der Waals surface area contributed by atoms with Crippen LogP contribution in [0.2, 0.25) is 5.02 Å². The number of halogens is 1. The molecule has 0 spiro atoms. The van der Waals surface area contributed by atoms with Crippen LogP contribution in [0.1, 0.15) is 12.5 Å². The normalized spacial score (nSPS) is 9.31. The van der Waals surface area contributed by atoms with Gasteiger partial charge in [0.05, 0.1) is 10.6 Å². The van der Waals surface area contributed by atoms with E-state index in [4.69, 9.17) is 21.6 Å². The standard InChI is InChI=1S/C11H11ClN2O2/c1-2-14-11(15)7-16-9-4-3-8(6-13)10(12)5-9/h3-5H,2,7H2,1H3,(H,14,15). The monoisotopic (exact) mass is 238 g/mol. The van der Waals surface area contributed by atoms with E-state index in [0.29, 0.717) is 22.9 Å². The maximum atomic E-state index is 11.1. The number of benzene rings is 1. The number of nitrogens with one attached hydrogen (secondary N) is 1. The summed E-state index contributed by atoms with van der Waals surface area (Å²) in [4.78, 5) is 11.1. The van der Waals surface area contributed by atoms with Crippen molar-refractivity contribution in [2.45, 2.75) is 6.92 Å². The van der Waals surface area contributed by atoms with Gasteiger partial charge in [0.15, 0.2) is 6.61 Å². The van der Waals surface area contributed by atoms with Gasteiger partial charge < -0.3 is 10.1 Å². The number of rotatable bonds is 4. The number of carbonyl (C=O) groups is 1. The minimum Gasteiger partial charge on any atom is -0.484 e. The summed E-state index contributed by atoms with van der Waals surface area (Å²) in [5.41, 5.74) is 0.382. The van der Waals surface area contributed by atoms with Crippen LogP contribution in [0.25, 0.3) is 0 Å². The van der Waals surface area contributed by atoms with Crippen LogP contribution in [-0.4, -0.2) is 19.1 Å². The van der Waals surface area contributed by atoms with Gasteiger partial charge in [-0.3, -0.25) is 4.79 Å². The lowest BCUT2D eigenvalue weighted by atomic mass is 10.2. The van der Waals surface area contributed by atoms with E-state index in [0.717, 1.165) is 0 Å². The quantitative estimate of drug-likeness (QED) is 0.869. The summed E-state index contributed by atoms with van der Waals surface area (Å²) in [6, 6.07) is 6.61. The lowest BCUT2D eigenvalue weighted by molar-refractivity contribution is -0.122. The van der Waals surface area contributed by atoms with Crippen molar-refractivity contribution in [1.29, 1.82) is 5.26 Å². The zero-order valence-corrected chi connectivity index (χ0v) is 9.54. The fraction of sp³-hybridized carbons (Fsp3) is 0.273. The molecule has 0 aliphatic heterocycles. The first-order chi connectivity index (χ1) is 7.67. The smallest absolute Gasteiger partial charge is 0.257 e. The Labute approximate surface area is 98.8 Å². The predicted octanol–water partition coefficient (Wildman–Crippen LogP) is 1.73. The number of nitriles is 1. The van der Waals surface area contributed by atoms with Crippen LogP contribution in [-0.2, 0) is 4.79 Å². The molecule has 0 aromatic heterocycles. The molecule has 1 aromatic rings. The summed E-state index contributed by atoms with van der Waals surface area (Å²) in [7, 11) is 0. The van der Waals surface area contributed by atoms with Crippen molar-refractivity contribution in [2.75, 3.05) is 13.2 Å². The Morgan fingerprint density at radius 1 is 1.62 bits per heavy atom. The average Bonchev–Trinajstić information content (AvgIpc) is 2.27. The third kappa shape index (κ3) is 3.44. The third-order valence-corrected chi connectivity index (χ3v) is 2.12. The number of amides is 1. The zero-order valence-electron chi connectivity index (χ0n) is 8.79. The Morgan fingerprint density at radius 3 is 2.94 bits per heavy atom. The Bertz CT molecular complexity index is 426. The van der Waals surface area contributed by atoms with Crippen molar-refractivity contribution < 1.29 is 9.53 Å². The maximum absolute atomic E-state index is 11.1. The van der Waals surface area contributed by atoms with E-state index in [2.05, 4.69) is 5.32 Å². The van der Waals surface area contributed by atoms with E-state index in [9.17, 15) is 4.79 Å². The highest BCUT2D eigenvalue weighted by atomic mass is 35.5. The second-order valence-corrected chi connectivity index (χ2v) is 3.40. The number of likely N-dealkylation sites (N-methyl/N-ethyl adjacent to an activating group) is 1. The highest BCUT2D eigenvalue weighted by Gasteiger charge is 2.04. The number of ether oxygens (including phenoxy) is 1. The van der Waals surface area contributed by atoms with Gasteiger partial charge >= 0.3 is 0 Å². The number of carbonyl (C=O) groups excluding carboxylic acids is 1. The largest absolute Gasteiger partial charge is 0.484 e. The molecule has 4 nitrogen and oxygen atoms in total. The van der Waals surface area contributed by atoms with E-state index < -0.39 is 0 Å². The molecule has 0 radical (unpaired) electrons. The van der Waals surface area contributed by atoms with Crippen molar-refractivity contribution >= 4 is 17.5 Å². The summed E-state index contributed by atoms with van der Waals surface area (Å²) in [6.07, 6.45) is 0. The molecule has 84 valence electrons. The molecule has 0 fully saturated rings. The van der Waals surface area contributed by atoms with Gasteiger partial charge in [-0.15, -0.1) is 0 Å². The first kappa shape index (κ1) is 12.3. The van der Waals surface area contributed by atoms with Crippen molar-refractivity contribution in [3.8, 4) is 11.8 Å². The number of hydrogen-bond acceptors (Lipinski definition) is 3. The molecule has 5 heteroatoms. The van der Waals surface area contributed by atoms with Gasteiger partial charge in [-0.05, 0) is 19.1 Å². The van der Waals surface area contributed by atoms with E-state index in [-0.39, 0.29) is 12.5 Å². The molecule has 0 saturated heterocycles. The lowest BCUT2D eigenvalue weighted by Gasteiger charge is -2.06. The fourth-order valence-electron chi connectivity index (χ4n) is 1.07. The second-order valence-electron chi connectivity index (χ2n) is 3.00. The Kier molecular flexibility index (Phi) is 4.62. The zero-order chi connectivity index (χ0) is 12.0. The third-order valence-electron chi connectivity index (χ3n) is 1.80. The van der Waals surface area contributed by atoms with E-state index in [1.165, 1.54) is 6.07 Å². The van der Waals surface area contributed by atoms with Crippen LogP contribution >= 0.6 is 11.6 Å². The lowest BCUT2D eigenvalue weighted by Crippen LogP contribution is -2.28. The highest BCUT2D eigenvalue weighted by Crippen LogP contribution is 2.21. The Morgan fingerprint density at radius 2 is 2.38 bits per heavy atom. The molecule has 16 heavy (non-hydrogen) atoms. The van der Waals surface area contributed by atoms with Gasteiger partial charge in [-0.25, -0.2) is 0 Å². The first-order valence-electron chi connectivity index (χ1n) is 4.76. The minimum atomic E-state index is -0.192. The van der Waals surface area contributed by atoms with Crippen LogP contribution < -0.4 is 10.1 Å².